The Hall–Kier alpha value is -1.87. The molecule has 22 heavy (non-hydrogen) atoms. The largest absolute Gasteiger partial charge is 0.422 e. The zero-order valence-electron chi connectivity index (χ0n) is 11.4. The van der Waals surface area contributed by atoms with Gasteiger partial charge in [-0.05, 0) is 11.4 Å². The van der Waals surface area contributed by atoms with Crippen molar-refractivity contribution in [1.82, 2.24) is 10.2 Å². The van der Waals surface area contributed by atoms with Crippen molar-refractivity contribution >= 4 is 23.1 Å². The summed E-state index contributed by atoms with van der Waals surface area (Å²) in [5.74, 6) is -1.55. The number of carbonyl (C=O) groups excluding carboxylic acids is 1. The van der Waals surface area contributed by atoms with Gasteiger partial charge in [-0.1, -0.05) is 13.0 Å². The summed E-state index contributed by atoms with van der Waals surface area (Å²) < 4.78 is 40.1. The van der Waals surface area contributed by atoms with E-state index < -0.39 is 35.6 Å². The van der Waals surface area contributed by atoms with Crippen LogP contribution in [0, 0.1) is 0 Å². The zero-order valence-corrected chi connectivity index (χ0v) is 12.2. The fourth-order valence-electron chi connectivity index (χ4n) is 2.60. The molecule has 2 atom stereocenters. The number of aromatic nitrogens is 2. The third-order valence-electron chi connectivity index (χ3n) is 3.74. The maximum absolute atomic E-state index is 13.4. The molecule has 0 aromatic carbocycles. The number of H-pyrrole nitrogens is 1. The van der Waals surface area contributed by atoms with E-state index >= 15 is 0 Å². The summed E-state index contributed by atoms with van der Waals surface area (Å²) in [6.45, 7) is 1.70. The first-order chi connectivity index (χ1) is 10.2. The number of amides is 1. The van der Waals surface area contributed by atoms with Crippen molar-refractivity contribution in [2.24, 2.45) is 0 Å². The number of fused-ring (bicyclic) bond motifs is 1. The van der Waals surface area contributed by atoms with E-state index in [4.69, 9.17) is 0 Å². The molecule has 3 heterocycles. The Morgan fingerprint density at radius 3 is 2.82 bits per heavy atom. The van der Waals surface area contributed by atoms with Gasteiger partial charge < -0.3 is 10.4 Å². The number of alkyl halides is 3. The van der Waals surface area contributed by atoms with Crippen LogP contribution in [0.4, 0.5) is 19.0 Å². The minimum atomic E-state index is -4.98. The molecule has 5 nitrogen and oxygen atoms in total. The molecule has 3 rings (SSSR count). The van der Waals surface area contributed by atoms with Crippen LogP contribution in [0.3, 0.4) is 0 Å². The lowest BCUT2D eigenvalue weighted by atomic mass is 9.83. The number of nitrogens with one attached hydrogen (secondary N) is 2. The van der Waals surface area contributed by atoms with Crippen LogP contribution in [0.15, 0.2) is 17.5 Å². The topological polar surface area (TPSA) is 78.0 Å². The highest BCUT2D eigenvalue weighted by Gasteiger charge is 2.60. The first-order valence-electron chi connectivity index (χ1n) is 6.45. The van der Waals surface area contributed by atoms with Gasteiger partial charge in [-0.25, -0.2) is 0 Å². The monoisotopic (exact) mass is 331 g/mol. The molecular formula is C13H12F3N3O2S. The van der Waals surface area contributed by atoms with Crippen molar-refractivity contribution in [3.05, 3.63) is 33.6 Å². The van der Waals surface area contributed by atoms with E-state index in [0.717, 1.165) is 4.88 Å². The highest BCUT2D eigenvalue weighted by Crippen LogP contribution is 2.49. The standard InChI is InChI=1S/C13H12F3N3O2S/c1-6(7-3-2-4-22-7)10-9-11(19-18-10)17-8(20)5-12(9,21)13(14,15)16/h2-4,6,21H,5H2,1H3,(H2,17,18,19,20). The number of hydrogen-bond donors (Lipinski definition) is 3. The molecule has 1 amide bonds. The summed E-state index contributed by atoms with van der Waals surface area (Å²) in [6.07, 6.45) is -6.06. The summed E-state index contributed by atoms with van der Waals surface area (Å²) in [5, 5.41) is 20.6. The number of anilines is 1. The first-order valence-corrected chi connectivity index (χ1v) is 7.33. The fourth-order valence-corrected chi connectivity index (χ4v) is 3.38. The molecule has 0 bridgehead atoms. The number of carbonyl (C=O) groups is 1. The Labute approximate surface area is 127 Å². The summed E-state index contributed by atoms with van der Waals surface area (Å²) >= 11 is 1.38. The molecule has 0 saturated heterocycles. The van der Waals surface area contributed by atoms with Crippen LogP contribution in [0.1, 0.15) is 35.4 Å². The van der Waals surface area contributed by atoms with Crippen molar-refractivity contribution in [1.29, 1.82) is 0 Å². The normalized spacial score (nSPS) is 23.0. The van der Waals surface area contributed by atoms with Gasteiger partial charge >= 0.3 is 6.18 Å². The molecule has 0 fully saturated rings. The molecule has 2 aromatic heterocycles. The fraction of sp³-hybridized carbons (Fsp3) is 0.385. The van der Waals surface area contributed by atoms with Crippen molar-refractivity contribution in [2.45, 2.75) is 31.0 Å². The molecular weight excluding hydrogens is 319 g/mol. The second-order valence-electron chi connectivity index (χ2n) is 5.18. The van der Waals surface area contributed by atoms with Gasteiger partial charge in [0.05, 0.1) is 17.7 Å². The third-order valence-corrected chi connectivity index (χ3v) is 4.79. The van der Waals surface area contributed by atoms with Gasteiger partial charge in [0.2, 0.25) is 5.91 Å². The van der Waals surface area contributed by atoms with E-state index in [1.54, 1.807) is 19.1 Å². The molecule has 0 spiro atoms. The van der Waals surface area contributed by atoms with Crippen molar-refractivity contribution in [2.75, 3.05) is 5.32 Å². The van der Waals surface area contributed by atoms with Crippen molar-refractivity contribution in [3.63, 3.8) is 0 Å². The van der Waals surface area contributed by atoms with Crippen molar-refractivity contribution in [3.8, 4) is 0 Å². The van der Waals surface area contributed by atoms with Gasteiger partial charge in [0.1, 0.15) is 5.82 Å². The van der Waals surface area contributed by atoms with Crippen LogP contribution in [-0.4, -0.2) is 27.4 Å². The average Bonchev–Trinajstić information content (AvgIpc) is 3.05. The molecule has 0 radical (unpaired) electrons. The van der Waals surface area contributed by atoms with Crippen molar-refractivity contribution < 1.29 is 23.1 Å². The Bertz CT molecular complexity index is 711. The average molecular weight is 331 g/mol. The predicted molar refractivity (Wildman–Crippen MR) is 73.6 cm³/mol. The van der Waals surface area contributed by atoms with Crippen LogP contribution in [0.2, 0.25) is 0 Å². The minimum Gasteiger partial charge on any atom is -0.376 e. The van der Waals surface area contributed by atoms with Gasteiger partial charge in [-0.3, -0.25) is 9.89 Å². The number of halogens is 3. The summed E-state index contributed by atoms with van der Waals surface area (Å²) in [6, 6.07) is 3.57. The number of thiophene rings is 1. The van der Waals surface area contributed by atoms with E-state index in [0.29, 0.717) is 0 Å². The second-order valence-corrected chi connectivity index (χ2v) is 6.16. The highest BCUT2D eigenvalue weighted by molar-refractivity contribution is 7.10. The molecule has 2 unspecified atom stereocenters. The van der Waals surface area contributed by atoms with E-state index in [1.165, 1.54) is 11.3 Å². The van der Waals surface area contributed by atoms with Gasteiger partial charge in [0, 0.05) is 10.8 Å². The van der Waals surface area contributed by atoms with E-state index in [1.807, 2.05) is 5.38 Å². The Morgan fingerprint density at radius 2 is 2.23 bits per heavy atom. The quantitative estimate of drug-likeness (QED) is 0.792. The lowest BCUT2D eigenvalue weighted by Crippen LogP contribution is -2.48. The number of rotatable bonds is 2. The van der Waals surface area contributed by atoms with E-state index in [9.17, 15) is 23.1 Å². The third kappa shape index (κ3) is 2.12. The number of hydrogen-bond acceptors (Lipinski definition) is 4. The maximum atomic E-state index is 13.4. The SMILES string of the molecule is CC(c1cccs1)c1n[nH]c2c1C(O)(C(F)(F)F)CC(=O)N2. The smallest absolute Gasteiger partial charge is 0.376 e. The number of aromatic amines is 1. The summed E-state index contributed by atoms with van der Waals surface area (Å²) in [7, 11) is 0. The Kier molecular flexibility index (Phi) is 3.29. The van der Waals surface area contributed by atoms with Crippen LogP contribution in [0.25, 0.3) is 0 Å². The van der Waals surface area contributed by atoms with Gasteiger partial charge in [-0.2, -0.15) is 18.3 Å². The molecule has 1 aliphatic heterocycles. The van der Waals surface area contributed by atoms with Crippen LogP contribution in [-0.2, 0) is 10.4 Å². The van der Waals surface area contributed by atoms with E-state index in [-0.39, 0.29) is 11.5 Å². The minimum absolute atomic E-state index is 0.0808. The maximum Gasteiger partial charge on any atom is 0.422 e. The Balaban J connectivity index is 2.16. The van der Waals surface area contributed by atoms with Crippen LogP contribution in [0.5, 0.6) is 0 Å². The van der Waals surface area contributed by atoms with Gasteiger partial charge in [-0.15, -0.1) is 11.3 Å². The van der Waals surface area contributed by atoms with Crippen LogP contribution < -0.4 is 5.32 Å². The van der Waals surface area contributed by atoms with Gasteiger partial charge in [0.15, 0.2) is 5.60 Å². The molecule has 0 saturated carbocycles. The predicted octanol–water partition coefficient (Wildman–Crippen LogP) is 2.72. The van der Waals surface area contributed by atoms with Gasteiger partial charge in [0.25, 0.3) is 0 Å². The molecule has 9 heteroatoms. The number of aliphatic hydroxyl groups is 1. The Morgan fingerprint density at radius 1 is 1.50 bits per heavy atom. The summed E-state index contributed by atoms with van der Waals surface area (Å²) in [5.41, 5.74) is -3.56. The summed E-state index contributed by atoms with van der Waals surface area (Å²) in [4.78, 5) is 12.3. The lowest BCUT2D eigenvalue weighted by molar-refractivity contribution is -0.267. The molecule has 118 valence electrons. The zero-order chi connectivity index (χ0) is 16.1. The lowest BCUT2D eigenvalue weighted by Gasteiger charge is -2.34. The molecule has 3 N–H and O–H groups in total. The second kappa shape index (κ2) is 4.82. The number of nitrogens with zero attached hydrogens (tertiary/aromatic N) is 1. The highest BCUT2D eigenvalue weighted by atomic mass is 32.1. The molecule has 2 aromatic rings. The van der Waals surface area contributed by atoms with E-state index in [2.05, 4.69) is 15.5 Å². The molecule has 1 aliphatic rings. The van der Waals surface area contributed by atoms with Crippen LogP contribution >= 0.6 is 11.3 Å². The first kappa shape index (κ1) is 15.0. The molecule has 0 aliphatic carbocycles.